The van der Waals surface area contributed by atoms with Gasteiger partial charge >= 0.3 is 5.97 Å². The zero-order valence-corrected chi connectivity index (χ0v) is 10.1. The molecule has 0 bridgehead atoms. The molecule has 0 amide bonds. The second kappa shape index (κ2) is 6.91. The normalized spacial score (nSPS) is 12.1. The number of aryl methyl sites for hydroxylation is 1. The number of ether oxygens (including phenoxy) is 1. The van der Waals surface area contributed by atoms with Crippen LogP contribution in [0.3, 0.4) is 0 Å². The van der Waals surface area contributed by atoms with Gasteiger partial charge in [0.05, 0.1) is 13.0 Å². The van der Waals surface area contributed by atoms with Crippen LogP contribution in [0, 0.1) is 5.92 Å². The topological polar surface area (TPSA) is 72.5 Å². The van der Waals surface area contributed by atoms with Gasteiger partial charge in [-0.15, -0.1) is 0 Å². The predicted molar refractivity (Wildman–Crippen MR) is 66.1 cm³/mol. The van der Waals surface area contributed by atoms with E-state index in [9.17, 15) is 4.79 Å². The molecule has 17 heavy (non-hydrogen) atoms. The van der Waals surface area contributed by atoms with Gasteiger partial charge in [0.2, 0.25) is 0 Å². The number of nitrogens with two attached hydrogens (primary N) is 1. The largest absolute Gasteiger partial charge is 0.497 e. The van der Waals surface area contributed by atoms with Gasteiger partial charge in [-0.2, -0.15) is 0 Å². The Bertz CT molecular complexity index is 348. The smallest absolute Gasteiger partial charge is 0.306 e. The highest BCUT2D eigenvalue weighted by molar-refractivity contribution is 5.69. The van der Waals surface area contributed by atoms with E-state index >= 15 is 0 Å². The molecule has 4 heteroatoms. The second-order valence-corrected chi connectivity index (χ2v) is 4.00. The fourth-order valence-corrected chi connectivity index (χ4v) is 1.73. The molecule has 1 rings (SSSR count). The summed E-state index contributed by atoms with van der Waals surface area (Å²) in [6, 6.07) is 7.68. The number of carboxylic acid groups (broad SMARTS) is 1. The molecule has 0 spiro atoms. The van der Waals surface area contributed by atoms with Crippen LogP contribution in [0.1, 0.15) is 18.4 Å². The molecule has 1 atom stereocenters. The van der Waals surface area contributed by atoms with Crippen molar-refractivity contribution in [2.24, 2.45) is 11.7 Å². The van der Waals surface area contributed by atoms with E-state index in [1.54, 1.807) is 7.11 Å². The molecule has 1 aromatic carbocycles. The molecule has 0 aromatic heterocycles. The zero-order chi connectivity index (χ0) is 12.7. The van der Waals surface area contributed by atoms with Crippen molar-refractivity contribution < 1.29 is 14.6 Å². The van der Waals surface area contributed by atoms with Gasteiger partial charge in [-0.05, 0) is 43.5 Å². The first-order valence-corrected chi connectivity index (χ1v) is 5.73. The molecular formula is C13H19NO3. The molecule has 94 valence electrons. The van der Waals surface area contributed by atoms with Crippen LogP contribution >= 0.6 is 0 Å². The van der Waals surface area contributed by atoms with E-state index in [0.717, 1.165) is 17.7 Å². The van der Waals surface area contributed by atoms with Crippen LogP contribution in [0.2, 0.25) is 0 Å². The van der Waals surface area contributed by atoms with E-state index < -0.39 is 5.97 Å². The Balaban J connectivity index is 2.50. The van der Waals surface area contributed by atoms with Gasteiger partial charge in [0.25, 0.3) is 0 Å². The van der Waals surface area contributed by atoms with E-state index in [4.69, 9.17) is 15.6 Å². The quantitative estimate of drug-likeness (QED) is 0.756. The van der Waals surface area contributed by atoms with Gasteiger partial charge in [0, 0.05) is 0 Å². The first-order chi connectivity index (χ1) is 8.17. The molecule has 0 fully saturated rings. The Morgan fingerprint density at radius 2 is 2.00 bits per heavy atom. The summed E-state index contributed by atoms with van der Waals surface area (Å²) in [5, 5.41) is 8.99. The Labute approximate surface area is 101 Å². The number of aliphatic carboxylic acids is 1. The molecule has 0 aliphatic heterocycles. The molecule has 0 saturated carbocycles. The maximum Gasteiger partial charge on any atom is 0.306 e. The number of hydrogen-bond acceptors (Lipinski definition) is 3. The van der Waals surface area contributed by atoms with Crippen molar-refractivity contribution >= 4 is 5.97 Å². The summed E-state index contributed by atoms with van der Waals surface area (Å²) in [6.45, 7) is 0.416. The third kappa shape index (κ3) is 4.44. The minimum atomic E-state index is -0.760. The van der Waals surface area contributed by atoms with Crippen LogP contribution in [0.5, 0.6) is 5.75 Å². The summed E-state index contributed by atoms with van der Waals surface area (Å²) in [4.78, 5) is 10.9. The number of carbonyl (C=O) groups is 1. The number of carboxylic acids is 1. The molecule has 0 aliphatic rings. The summed E-state index contributed by atoms with van der Waals surface area (Å²) >= 11 is 0. The molecule has 0 heterocycles. The Morgan fingerprint density at radius 1 is 1.35 bits per heavy atom. The van der Waals surface area contributed by atoms with E-state index in [-0.39, 0.29) is 5.92 Å². The SMILES string of the molecule is COc1ccc(CCC(CCN)C(=O)O)cc1. The van der Waals surface area contributed by atoms with Crippen LogP contribution in [-0.4, -0.2) is 24.7 Å². The summed E-state index contributed by atoms with van der Waals surface area (Å²) in [7, 11) is 1.62. The lowest BCUT2D eigenvalue weighted by molar-refractivity contribution is -0.142. The van der Waals surface area contributed by atoms with Crippen LogP contribution in [0.25, 0.3) is 0 Å². The van der Waals surface area contributed by atoms with Gasteiger partial charge < -0.3 is 15.6 Å². The van der Waals surface area contributed by atoms with Crippen LogP contribution < -0.4 is 10.5 Å². The molecule has 3 N–H and O–H groups in total. The summed E-state index contributed by atoms with van der Waals surface area (Å²) in [6.07, 6.45) is 1.91. The first kappa shape index (κ1) is 13.5. The summed E-state index contributed by atoms with van der Waals surface area (Å²) < 4.78 is 5.06. The predicted octanol–water partition coefficient (Wildman–Crippen LogP) is 1.68. The van der Waals surface area contributed by atoms with Crippen molar-refractivity contribution in [3.05, 3.63) is 29.8 Å². The van der Waals surface area contributed by atoms with Gasteiger partial charge in [0.15, 0.2) is 0 Å². The highest BCUT2D eigenvalue weighted by Gasteiger charge is 2.15. The maximum absolute atomic E-state index is 10.9. The Hall–Kier alpha value is -1.55. The van der Waals surface area contributed by atoms with E-state index in [1.165, 1.54) is 0 Å². The highest BCUT2D eigenvalue weighted by Crippen LogP contribution is 2.16. The molecular weight excluding hydrogens is 218 g/mol. The van der Waals surface area contributed by atoms with Crippen LogP contribution in [0.15, 0.2) is 24.3 Å². The highest BCUT2D eigenvalue weighted by atomic mass is 16.5. The van der Waals surface area contributed by atoms with Crippen molar-refractivity contribution in [3.8, 4) is 5.75 Å². The third-order valence-corrected chi connectivity index (χ3v) is 2.80. The minimum absolute atomic E-state index is 0.345. The average molecular weight is 237 g/mol. The maximum atomic E-state index is 10.9. The van der Waals surface area contributed by atoms with Crippen molar-refractivity contribution in [1.29, 1.82) is 0 Å². The van der Waals surface area contributed by atoms with Crippen LogP contribution in [-0.2, 0) is 11.2 Å². The third-order valence-electron chi connectivity index (χ3n) is 2.80. The fourth-order valence-electron chi connectivity index (χ4n) is 1.73. The van der Waals surface area contributed by atoms with E-state index in [0.29, 0.717) is 19.4 Å². The number of methoxy groups -OCH3 is 1. The molecule has 4 nitrogen and oxygen atoms in total. The van der Waals surface area contributed by atoms with Crippen molar-refractivity contribution in [2.75, 3.05) is 13.7 Å². The monoisotopic (exact) mass is 237 g/mol. The number of rotatable bonds is 7. The van der Waals surface area contributed by atoms with Gasteiger partial charge in [-0.25, -0.2) is 0 Å². The zero-order valence-electron chi connectivity index (χ0n) is 10.1. The molecule has 0 aliphatic carbocycles. The molecule has 0 saturated heterocycles. The van der Waals surface area contributed by atoms with Crippen molar-refractivity contribution in [1.82, 2.24) is 0 Å². The summed E-state index contributed by atoms with van der Waals surface area (Å²) in [5.41, 5.74) is 6.51. The first-order valence-electron chi connectivity index (χ1n) is 5.73. The van der Waals surface area contributed by atoms with E-state index in [2.05, 4.69) is 0 Å². The van der Waals surface area contributed by atoms with Crippen molar-refractivity contribution in [3.63, 3.8) is 0 Å². The molecule has 0 radical (unpaired) electrons. The lowest BCUT2D eigenvalue weighted by Gasteiger charge is -2.10. The Kier molecular flexibility index (Phi) is 5.49. The lowest BCUT2D eigenvalue weighted by Crippen LogP contribution is -2.18. The van der Waals surface area contributed by atoms with Gasteiger partial charge in [-0.1, -0.05) is 12.1 Å². The number of benzene rings is 1. The standard InChI is InChI=1S/C13H19NO3/c1-17-12-6-3-10(4-7-12)2-5-11(8-9-14)13(15)16/h3-4,6-7,11H,2,5,8-9,14H2,1H3,(H,15,16). The molecule has 1 aromatic rings. The Morgan fingerprint density at radius 3 is 2.47 bits per heavy atom. The van der Waals surface area contributed by atoms with Gasteiger partial charge in [-0.3, -0.25) is 4.79 Å². The summed E-state index contributed by atoms with van der Waals surface area (Å²) in [5.74, 6) is -0.295. The number of hydrogen-bond donors (Lipinski definition) is 2. The molecule has 1 unspecified atom stereocenters. The lowest BCUT2D eigenvalue weighted by atomic mass is 9.96. The minimum Gasteiger partial charge on any atom is -0.497 e. The fraction of sp³-hybridized carbons (Fsp3) is 0.462. The second-order valence-electron chi connectivity index (χ2n) is 4.00. The van der Waals surface area contributed by atoms with Crippen molar-refractivity contribution in [2.45, 2.75) is 19.3 Å². The van der Waals surface area contributed by atoms with Gasteiger partial charge in [0.1, 0.15) is 5.75 Å². The average Bonchev–Trinajstić information content (AvgIpc) is 2.34. The van der Waals surface area contributed by atoms with E-state index in [1.807, 2.05) is 24.3 Å². The van der Waals surface area contributed by atoms with Crippen LogP contribution in [0.4, 0.5) is 0 Å².